The second-order valence-electron chi connectivity index (χ2n) is 7.15. The number of benzene rings is 2. The molecule has 30 heavy (non-hydrogen) atoms. The van der Waals surface area contributed by atoms with Crippen LogP contribution < -0.4 is 19.5 Å². The third-order valence-electron chi connectivity index (χ3n) is 5.21. The first-order chi connectivity index (χ1) is 14.6. The maximum Gasteiger partial charge on any atom is 0.255 e. The van der Waals surface area contributed by atoms with E-state index in [4.69, 9.17) is 14.2 Å². The van der Waals surface area contributed by atoms with Gasteiger partial charge in [-0.15, -0.1) is 0 Å². The Morgan fingerprint density at radius 2 is 1.37 bits per heavy atom. The summed E-state index contributed by atoms with van der Waals surface area (Å²) in [6, 6.07) is 10.2. The SMILES string of the molecule is COc1cc(C(=O)Nc2ccc(C(=O)N3CCCCCC3)cc2)cc(OC)c1OC. The van der Waals surface area contributed by atoms with Gasteiger partial charge in [-0.3, -0.25) is 9.59 Å². The highest BCUT2D eigenvalue weighted by Gasteiger charge is 2.19. The van der Waals surface area contributed by atoms with Crippen LogP contribution in [-0.4, -0.2) is 51.1 Å². The Hall–Kier alpha value is -3.22. The number of anilines is 1. The van der Waals surface area contributed by atoms with Gasteiger partial charge in [-0.1, -0.05) is 12.8 Å². The van der Waals surface area contributed by atoms with Gasteiger partial charge in [-0.05, 0) is 49.2 Å². The van der Waals surface area contributed by atoms with E-state index in [2.05, 4.69) is 5.32 Å². The molecule has 7 nitrogen and oxygen atoms in total. The number of methoxy groups -OCH3 is 3. The highest BCUT2D eigenvalue weighted by Crippen LogP contribution is 2.38. The van der Waals surface area contributed by atoms with Crippen molar-refractivity contribution in [3.63, 3.8) is 0 Å². The molecule has 1 aliphatic heterocycles. The molecular weight excluding hydrogens is 384 g/mol. The molecule has 0 bridgehead atoms. The predicted molar refractivity (Wildman–Crippen MR) is 115 cm³/mol. The van der Waals surface area contributed by atoms with Crippen LogP contribution in [0.25, 0.3) is 0 Å². The molecule has 0 atom stereocenters. The summed E-state index contributed by atoms with van der Waals surface area (Å²) in [5.41, 5.74) is 1.60. The fourth-order valence-corrected chi connectivity index (χ4v) is 3.57. The summed E-state index contributed by atoms with van der Waals surface area (Å²) in [4.78, 5) is 27.3. The third kappa shape index (κ3) is 4.84. The van der Waals surface area contributed by atoms with Crippen LogP contribution in [0.4, 0.5) is 5.69 Å². The zero-order valence-electron chi connectivity index (χ0n) is 17.7. The van der Waals surface area contributed by atoms with Crippen LogP contribution in [0.3, 0.4) is 0 Å². The summed E-state index contributed by atoms with van der Waals surface area (Å²) in [6.45, 7) is 1.61. The van der Waals surface area contributed by atoms with Crippen molar-refractivity contribution in [2.75, 3.05) is 39.7 Å². The van der Waals surface area contributed by atoms with Gasteiger partial charge in [-0.2, -0.15) is 0 Å². The smallest absolute Gasteiger partial charge is 0.255 e. The largest absolute Gasteiger partial charge is 0.493 e. The maximum absolute atomic E-state index is 12.7. The number of carbonyl (C=O) groups is 2. The van der Waals surface area contributed by atoms with Gasteiger partial charge in [0.2, 0.25) is 5.75 Å². The minimum atomic E-state index is -0.319. The zero-order valence-corrected chi connectivity index (χ0v) is 17.7. The molecule has 160 valence electrons. The van der Waals surface area contributed by atoms with E-state index in [1.807, 2.05) is 4.90 Å². The summed E-state index contributed by atoms with van der Waals surface area (Å²) < 4.78 is 15.9. The lowest BCUT2D eigenvalue weighted by atomic mass is 10.1. The first-order valence-electron chi connectivity index (χ1n) is 10.1. The molecule has 2 aromatic rings. The number of carbonyl (C=O) groups excluding carboxylic acids is 2. The highest BCUT2D eigenvalue weighted by atomic mass is 16.5. The van der Waals surface area contributed by atoms with Crippen LogP contribution >= 0.6 is 0 Å². The van der Waals surface area contributed by atoms with Crippen LogP contribution in [0.15, 0.2) is 36.4 Å². The van der Waals surface area contributed by atoms with E-state index in [1.165, 1.54) is 34.2 Å². The lowest BCUT2D eigenvalue weighted by Gasteiger charge is -2.20. The molecular formula is C23H28N2O5. The predicted octanol–water partition coefficient (Wildman–Crippen LogP) is 3.98. The summed E-state index contributed by atoms with van der Waals surface area (Å²) in [6.07, 6.45) is 4.45. The standard InChI is InChI=1S/C23H28N2O5/c1-28-19-14-17(15-20(29-2)21(19)30-3)22(26)24-18-10-8-16(9-11-18)23(27)25-12-6-4-5-7-13-25/h8-11,14-15H,4-7,12-13H2,1-3H3,(H,24,26). The number of ether oxygens (including phenoxy) is 3. The average Bonchev–Trinajstić information content (AvgIpc) is 3.07. The molecule has 0 aliphatic carbocycles. The highest BCUT2D eigenvalue weighted by molar-refractivity contribution is 6.05. The van der Waals surface area contributed by atoms with Gasteiger partial charge in [-0.25, -0.2) is 0 Å². The Morgan fingerprint density at radius 1 is 0.800 bits per heavy atom. The van der Waals surface area contributed by atoms with E-state index in [-0.39, 0.29) is 11.8 Å². The Balaban J connectivity index is 1.72. The lowest BCUT2D eigenvalue weighted by Crippen LogP contribution is -2.31. The number of likely N-dealkylation sites (tertiary alicyclic amines) is 1. The van der Waals surface area contributed by atoms with Crippen molar-refractivity contribution < 1.29 is 23.8 Å². The number of rotatable bonds is 6. The van der Waals surface area contributed by atoms with Gasteiger partial charge < -0.3 is 24.4 Å². The van der Waals surface area contributed by atoms with Crippen LogP contribution in [-0.2, 0) is 0 Å². The van der Waals surface area contributed by atoms with E-state index in [0.717, 1.165) is 25.9 Å². The summed E-state index contributed by atoms with van der Waals surface area (Å²) in [5.74, 6) is 0.953. The third-order valence-corrected chi connectivity index (χ3v) is 5.21. The number of nitrogens with zero attached hydrogens (tertiary/aromatic N) is 1. The lowest BCUT2D eigenvalue weighted by molar-refractivity contribution is 0.0761. The topological polar surface area (TPSA) is 77.1 Å². The molecule has 1 heterocycles. The number of hydrogen-bond donors (Lipinski definition) is 1. The molecule has 0 spiro atoms. The van der Waals surface area contributed by atoms with Crippen LogP contribution in [0.2, 0.25) is 0 Å². The van der Waals surface area contributed by atoms with Gasteiger partial charge in [0.1, 0.15) is 0 Å². The van der Waals surface area contributed by atoms with Crippen LogP contribution in [0, 0.1) is 0 Å². The van der Waals surface area contributed by atoms with Crippen molar-refractivity contribution in [3.8, 4) is 17.2 Å². The molecule has 2 aromatic carbocycles. The van der Waals surface area contributed by atoms with Gasteiger partial charge in [0.25, 0.3) is 11.8 Å². The molecule has 1 N–H and O–H groups in total. The number of hydrogen-bond acceptors (Lipinski definition) is 5. The molecule has 0 unspecified atom stereocenters. The zero-order chi connectivity index (χ0) is 21.5. The second-order valence-corrected chi connectivity index (χ2v) is 7.15. The molecule has 0 saturated carbocycles. The van der Waals surface area contributed by atoms with Crippen molar-refractivity contribution in [1.82, 2.24) is 4.90 Å². The molecule has 1 fully saturated rings. The Morgan fingerprint density at radius 3 is 1.87 bits per heavy atom. The van der Waals surface area contributed by atoms with Crippen molar-refractivity contribution >= 4 is 17.5 Å². The summed E-state index contributed by atoms with van der Waals surface area (Å²) in [5, 5.41) is 2.84. The normalized spacial score (nSPS) is 13.9. The van der Waals surface area contributed by atoms with E-state index in [1.54, 1.807) is 36.4 Å². The van der Waals surface area contributed by atoms with Crippen molar-refractivity contribution in [2.45, 2.75) is 25.7 Å². The van der Waals surface area contributed by atoms with E-state index < -0.39 is 0 Å². The quantitative estimate of drug-likeness (QED) is 0.777. The first-order valence-corrected chi connectivity index (χ1v) is 10.1. The maximum atomic E-state index is 12.7. The van der Waals surface area contributed by atoms with E-state index >= 15 is 0 Å². The molecule has 3 rings (SSSR count). The fourth-order valence-electron chi connectivity index (χ4n) is 3.57. The molecule has 0 aromatic heterocycles. The monoisotopic (exact) mass is 412 g/mol. The van der Waals surface area contributed by atoms with E-state index in [0.29, 0.717) is 34.1 Å². The minimum Gasteiger partial charge on any atom is -0.493 e. The number of amides is 2. The van der Waals surface area contributed by atoms with Gasteiger partial charge in [0.15, 0.2) is 11.5 Å². The van der Waals surface area contributed by atoms with Crippen molar-refractivity contribution in [2.24, 2.45) is 0 Å². The number of nitrogens with one attached hydrogen (secondary N) is 1. The Bertz CT molecular complexity index is 862. The van der Waals surface area contributed by atoms with Crippen molar-refractivity contribution in [1.29, 1.82) is 0 Å². The van der Waals surface area contributed by atoms with E-state index in [9.17, 15) is 9.59 Å². The molecule has 1 saturated heterocycles. The second kappa shape index (κ2) is 10.0. The summed E-state index contributed by atoms with van der Waals surface area (Å²) in [7, 11) is 4.51. The molecule has 2 amide bonds. The fraction of sp³-hybridized carbons (Fsp3) is 0.391. The average molecular weight is 412 g/mol. The minimum absolute atomic E-state index is 0.0411. The van der Waals surface area contributed by atoms with Gasteiger partial charge in [0, 0.05) is 29.9 Å². The first kappa shape index (κ1) is 21.5. The van der Waals surface area contributed by atoms with Crippen LogP contribution in [0.5, 0.6) is 17.2 Å². The molecule has 0 radical (unpaired) electrons. The Labute approximate surface area is 176 Å². The summed E-state index contributed by atoms with van der Waals surface area (Å²) >= 11 is 0. The molecule has 1 aliphatic rings. The van der Waals surface area contributed by atoms with Crippen LogP contribution in [0.1, 0.15) is 46.4 Å². The van der Waals surface area contributed by atoms with Gasteiger partial charge in [0.05, 0.1) is 21.3 Å². The van der Waals surface area contributed by atoms with Gasteiger partial charge >= 0.3 is 0 Å². The Kier molecular flexibility index (Phi) is 7.17. The molecule has 7 heteroatoms. The van der Waals surface area contributed by atoms with Crippen molar-refractivity contribution in [3.05, 3.63) is 47.5 Å².